The molecule has 0 saturated carbocycles. The Morgan fingerprint density at radius 3 is 1.94 bits per heavy atom. The Morgan fingerprint density at radius 2 is 1.62 bits per heavy atom. The van der Waals surface area contributed by atoms with E-state index in [4.69, 9.17) is 14.7 Å². The zero-order valence-electron chi connectivity index (χ0n) is 11.0. The summed E-state index contributed by atoms with van der Waals surface area (Å²) in [7, 11) is 1.36. The maximum atomic E-state index is 7.43. The Kier molecular flexibility index (Phi) is 3.50. The molecule has 0 aliphatic carbocycles. The summed E-state index contributed by atoms with van der Waals surface area (Å²) >= 11 is 0. The second kappa shape index (κ2) is 4.22. The van der Waals surface area contributed by atoms with E-state index in [1.165, 1.54) is 6.21 Å². The summed E-state index contributed by atoms with van der Waals surface area (Å²) < 4.78 is 11.7. The second-order valence-corrected chi connectivity index (χ2v) is 5.06. The van der Waals surface area contributed by atoms with E-state index in [0.29, 0.717) is 0 Å². The first kappa shape index (κ1) is 13.3. The number of hydrogen-bond acceptors (Lipinski definition) is 4. The van der Waals surface area contributed by atoms with Gasteiger partial charge in [-0.15, -0.1) is 0 Å². The normalized spacial score (nSPS) is 24.0. The minimum Gasteiger partial charge on any atom is -0.399 e. The SMILES string of the molecule is CN/C(C)=C(\C=N)B1OC(C)(C)C(C)(C)O1. The van der Waals surface area contributed by atoms with E-state index in [1.54, 1.807) is 0 Å². The predicted molar refractivity (Wildman–Crippen MR) is 66.6 cm³/mol. The number of hydrogen-bond donors (Lipinski definition) is 2. The van der Waals surface area contributed by atoms with Crippen molar-refractivity contribution in [1.29, 1.82) is 5.41 Å². The van der Waals surface area contributed by atoms with Crippen LogP contribution in [0.2, 0.25) is 0 Å². The molecule has 4 nitrogen and oxygen atoms in total. The Labute approximate surface area is 98.0 Å². The van der Waals surface area contributed by atoms with Crippen molar-refractivity contribution in [2.24, 2.45) is 0 Å². The van der Waals surface area contributed by atoms with E-state index >= 15 is 0 Å². The van der Waals surface area contributed by atoms with Gasteiger partial charge in [-0.05, 0) is 34.6 Å². The molecule has 1 aliphatic rings. The van der Waals surface area contributed by atoms with Crippen molar-refractivity contribution >= 4 is 13.3 Å². The van der Waals surface area contributed by atoms with Gasteiger partial charge < -0.3 is 20.0 Å². The minimum atomic E-state index is -0.463. The fourth-order valence-corrected chi connectivity index (χ4v) is 1.47. The zero-order chi connectivity index (χ0) is 12.6. The smallest absolute Gasteiger partial charge is 0.399 e. The molecule has 0 radical (unpaired) electrons. The molecular weight excluding hydrogens is 203 g/mol. The van der Waals surface area contributed by atoms with E-state index in [-0.39, 0.29) is 11.2 Å². The van der Waals surface area contributed by atoms with Gasteiger partial charge in [0.15, 0.2) is 0 Å². The summed E-state index contributed by atoms with van der Waals surface area (Å²) in [5.41, 5.74) is 0.912. The average molecular weight is 224 g/mol. The fourth-order valence-electron chi connectivity index (χ4n) is 1.47. The van der Waals surface area contributed by atoms with Gasteiger partial charge >= 0.3 is 7.12 Å². The highest BCUT2D eigenvalue weighted by Crippen LogP contribution is 2.38. The lowest BCUT2D eigenvalue weighted by Gasteiger charge is -2.32. The third-order valence-electron chi connectivity index (χ3n) is 3.47. The molecule has 1 heterocycles. The topological polar surface area (TPSA) is 54.3 Å². The Balaban J connectivity index is 2.99. The van der Waals surface area contributed by atoms with Crippen LogP contribution >= 0.6 is 0 Å². The first-order chi connectivity index (χ1) is 7.25. The molecule has 90 valence electrons. The van der Waals surface area contributed by atoms with Crippen LogP contribution in [0.25, 0.3) is 0 Å². The van der Waals surface area contributed by atoms with Gasteiger partial charge in [0.1, 0.15) is 0 Å². The van der Waals surface area contributed by atoms with Crippen LogP contribution in [0.1, 0.15) is 34.6 Å². The van der Waals surface area contributed by atoms with Gasteiger partial charge in [0.2, 0.25) is 0 Å². The van der Waals surface area contributed by atoms with E-state index in [2.05, 4.69) is 5.32 Å². The third kappa shape index (κ3) is 2.15. The molecular formula is C11H21BN2O2. The van der Waals surface area contributed by atoms with Gasteiger partial charge in [-0.3, -0.25) is 0 Å². The van der Waals surface area contributed by atoms with E-state index in [9.17, 15) is 0 Å². The molecule has 0 aromatic heterocycles. The monoisotopic (exact) mass is 224 g/mol. The molecule has 1 fully saturated rings. The molecule has 0 amide bonds. The third-order valence-corrected chi connectivity index (χ3v) is 3.47. The van der Waals surface area contributed by atoms with Crippen molar-refractivity contribution in [2.45, 2.75) is 45.8 Å². The summed E-state index contributed by atoms with van der Waals surface area (Å²) in [5.74, 6) is 0. The summed E-state index contributed by atoms with van der Waals surface area (Å²) in [4.78, 5) is 0. The molecule has 0 unspecified atom stereocenters. The van der Waals surface area contributed by atoms with E-state index in [1.807, 2.05) is 41.7 Å². The maximum Gasteiger partial charge on any atom is 0.498 e. The van der Waals surface area contributed by atoms with Gasteiger partial charge in [0.25, 0.3) is 0 Å². The lowest BCUT2D eigenvalue weighted by atomic mass is 9.77. The number of rotatable bonds is 3. The summed E-state index contributed by atoms with van der Waals surface area (Å²) in [5, 5.41) is 10.5. The van der Waals surface area contributed by atoms with E-state index in [0.717, 1.165) is 11.2 Å². The molecule has 1 aliphatic heterocycles. The van der Waals surface area contributed by atoms with Gasteiger partial charge in [0.05, 0.1) is 11.2 Å². The molecule has 0 bridgehead atoms. The molecule has 0 spiro atoms. The molecule has 5 heteroatoms. The Morgan fingerprint density at radius 1 is 1.19 bits per heavy atom. The van der Waals surface area contributed by atoms with Gasteiger partial charge in [0, 0.05) is 24.4 Å². The van der Waals surface area contributed by atoms with Crippen LogP contribution in [-0.2, 0) is 9.31 Å². The highest BCUT2D eigenvalue weighted by Gasteiger charge is 2.52. The zero-order valence-corrected chi connectivity index (χ0v) is 11.0. The van der Waals surface area contributed by atoms with Crippen molar-refractivity contribution in [3.8, 4) is 0 Å². The van der Waals surface area contributed by atoms with Gasteiger partial charge in [-0.25, -0.2) is 0 Å². The van der Waals surface area contributed by atoms with Crippen molar-refractivity contribution < 1.29 is 9.31 Å². The van der Waals surface area contributed by atoms with Crippen LogP contribution in [0, 0.1) is 5.41 Å². The average Bonchev–Trinajstić information content (AvgIpc) is 2.36. The molecule has 1 saturated heterocycles. The first-order valence-electron chi connectivity index (χ1n) is 5.50. The van der Waals surface area contributed by atoms with Crippen molar-refractivity contribution in [3.05, 3.63) is 11.2 Å². The minimum absolute atomic E-state index is 0.361. The lowest BCUT2D eigenvalue weighted by Crippen LogP contribution is -2.41. The summed E-state index contributed by atoms with van der Waals surface area (Å²) in [6.07, 6.45) is 1.29. The van der Waals surface area contributed by atoms with Crippen molar-refractivity contribution in [2.75, 3.05) is 7.05 Å². The van der Waals surface area contributed by atoms with Crippen LogP contribution in [-0.4, -0.2) is 31.6 Å². The van der Waals surface area contributed by atoms with Crippen LogP contribution in [0.4, 0.5) is 0 Å². The summed E-state index contributed by atoms with van der Waals surface area (Å²) in [6, 6.07) is 0. The predicted octanol–water partition coefficient (Wildman–Crippen LogP) is 1.76. The molecule has 1 rings (SSSR count). The first-order valence-corrected chi connectivity index (χ1v) is 5.50. The molecule has 2 N–H and O–H groups in total. The fraction of sp³-hybridized carbons (Fsp3) is 0.727. The van der Waals surface area contributed by atoms with Crippen LogP contribution in [0.15, 0.2) is 11.2 Å². The van der Waals surface area contributed by atoms with Crippen LogP contribution in [0.5, 0.6) is 0 Å². The molecule has 0 atom stereocenters. The highest BCUT2D eigenvalue weighted by atomic mass is 16.7. The van der Waals surface area contributed by atoms with E-state index < -0.39 is 7.12 Å². The Hall–Kier alpha value is -0.805. The largest absolute Gasteiger partial charge is 0.498 e. The Bertz CT molecular complexity index is 308. The van der Waals surface area contributed by atoms with Crippen LogP contribution in [0.3, 0.4) is 0 Å². The van der Waals surface area contributed by atoms with Crippen molar-refractivity contribution in [1.82, 2.24) is 5.32 Å². The van der Waals surface area contributed by atoms with Gasteiger partial charge in [-0.1, -0.05) is 0 Å². The number of nitrogens with one attached hydrogen (secondary N) is 2. The highest BCUT2D eigenvalue weighted by molar-refractivity contribution is 6.60. The lowest BCUT2D eigenvalue weighted by molar-refractivity contribution is 0.00578. The number of allylic oxidation sites excluding steroid dienone is 2. The standard InChI is InChI=1S/C11H21BN2O2/c1-8(14-6)9(7-13)12-15-10(2,3)11(4,5)16-12/h7,13-14H,1-6H3/b9-8+,13-7?. The van der Waals surface area contributed by atoms with Crippen LogP contribution < -0.4 is 5.32 Å². The van der Waals surface area contributed by atoms with Crippen molar-refractivity contribution in [3.63, 3.8) is 0 Å². The molecule has 0 aromatic carbocycles. The second-order valence-electron chi connectivity index (χ2n) is 5.06. The van der Waals surface area contributed by atoms with Gasteiger partial charge in [-0.2, -0.15) is 0 Å². The molecule has 16 heavy (non-hydrogen) atoms. The summed E-state index contributed by atoms with van der Waals surface area (Å²) in [6.45, 7) is 9.92. The quantitative estimate of drug-likeness (QED) is 0.567. The maximum absolute atomic E-state index is 7.43. The molecule has 0 aromatic rings.